The van der Waals surface area contributed by atoms with E-state index in [9.17, 15) is 9.59 Å². The van der Waals surface area contributed by atoms with Gasteiger partial charge in [0.25, 0.3) is 5.91 Å². The molecule has 0 fully saturated rings. The summed E-state index contributed by atoms with van der Waals surface area (Å²) in [7, 11) is 0. The quantitative estimate of drug-likeness (QED) is 0.398. The first-order valence-corrected chi connectivity index (χ1v) is 12.6. The van der Waals surface area contributed by atoms with Crippen LogP contribution in [-0.2, 0) is 17.8 Å². The predicted molar refractivity (Wildman–Crippen MR) is 137 cm³/mol. The fraction of sp³-hybridized carbons (Fsp3) is 0.385. The van der Waals surface area contributed by atoms with Crippen molar-refractivity contribution in [3.8, 4) is 0 Å². The summed E-state index contributed by atoms with van der Waals surface area (Å²) in [5, 5.41) is 15.5. The number of carbonyl (C=O) groups is 2. The van der Waals surface area contributed by atoms with Crippen LogP contribution >= 0.6 is 11.8 Å². The predicted octanol–water partition coefficient (Wildman–Crippen LogP) is 5.03. The summed E-state index contributed by atoms with van der Waals surface area (Å²) in [4.78, 5) is 25.4. The van der Waals surface area contributed by atoms with E-state index < -0.39 is 0 Å². The second kappa shape index (κ2) is 11.8. The summed E-state index contributed by atoms with van der Waals surface area (Å²) in [6.07, 6.45) is 0.849. The largest absolute Gasteiger partial charge is 0.342 e. The minimum atomic E-state index is -0.305. The van der Waals surface area contributed by atoms with Gasteiger partial charge in [-0.05, 0) is 49.9 Å². The molecule has 2 aromatic carbocycles. The third kappa shape index (κ3) is 6.26. The van der Waals surface area contributed by atoms with Crippen LogP contribution in [0.2, 0.25) is 0 Å². The van der Waals surface area contributed by atoms with Crippen molar-refractivity contribution in [1.29, 1.82) is 0 Å². The first-order chi connectivity index (χ1) is 16.3. The molecule has 0 unspecified atom stereocenters. The number of aryl methyl sites for hydroxylation is 2. The van der Waals surface area contributed by atoms with Gasteiger partial charge in [0.2, 0.25) is 5.91 Å². The van der Waals surface area contributed by atoms with E-state index in [1.807, 2.05) is 80.8 Å². The minimum absolute atomic E-state index is 0.0915. The Morgan fingerprint density at radius 3 is 2.38 bits per heavy atom. The van der Waals surface area contributed by atoms with Crippen LogP contribution in [0.3, 0.4) is 0 Å². The lowest BCUT2D eigenvalue weighted by atomic mass is 10.0. The molecule has 0 radical (unpaired) electrons. The number of amides is 2. The van der Waals surface area contributed by atoms with Crippen molar-refractivity contribution in [3.63, 3.8) is 0 Å². The van der Waals surface area contributed by atoms with Crippen LogP contribution in [0.4, 0.5) is 5.69 Å². The zero-order chi connectivity index (χ0) is 24.7. The van der Waals surface area contributed by atoms with Gasteiger partial charge < -0.3 is 15.2 Å². The highest BCUT2D eigenvalue weighted by Crippen LogP contribution is 2.26. The highest BCUT2D eigenvalue weighted by Gasteiger charge is 2.26. The number of thioether (sulfide) groups is 1. The molecule has 0 bridgehead atoms. The Bertz CT molecular complexity index is 1120. The van der Waals surface area contributed by atoms with Gasteiger partial charge in [0, 0.05) is 17.8 Å². The van der Waals surface area contributed by atoms with Crippen LogP contribution in [0, 0.1) is 12.8 Å². The lowest BCUT2D eigenvalue weighted by Gasteiger charge is -2.22. The maximum atomic E-state index is 12.9. The summed E-state index contributed by atoms with van der Waals surface area (Å²) in [6, 6.07) is 15.0. The normalized spacial score (nSPS) is 11.9. The Hall–Kier alpha value is -3.13. The summed E-state index contributed by atoms with van der Waals surface area (Å²) in [5.74, 6) is 0.782. The molecule has 2 N–H and O–H groups in total. The Labute approximate surface area is 205 Å². The van der Waals surface area contributed by atoms with Gasteiger partial charge in [-0.1, -0.05) is 68.4 Å². The molecular weight excluding hydrogens is 446 g/mol. The summed E-state index contributed by atoms with van der Waals surface area (Å²) in [6.45, 7) is 10.8. The van der Waals surface area contributed by atoms with Gasteiger partial charge >= 0.3 is 0 Å². The zero-order valence-electron chi connectivity index (χ0n) is 20.5. The molecule has 3 aromatic rings. The second-order valence-electron chi connectivity index (χ2n) is 8.49. The van der Waals surface area contributed by atoms with Crippen molar-refractivity contribution in [2.45, 2.75) is 58.8 Å². The van der Waals surface area contributed by atoms with Gasteiger partial charge in [-0.15, -0.1) is 10.2 Å². The van der Waals surface area contributed by atoms with Crippen molar-refractivity contribution in [3.05, 3.63) is 71.0 Å². The van der Waals surface area contributed by atoms with Gasteiger partial charge in [-0.25, -0.2) is 0 Å². The smallest absolute Gasteiger partial charge is 0.251 e. The summed E-state index contributed by atoms with van der Waals surface area (Å²) >= 11 is 1.34. The number of rotatable bonds is 10. The number of anilines is 1. The Balaban J connectivity index is 1.71. The lowest BCUT2D eigenvalue weighted by Crippen LogP contribution is -2.33. The van der Waals surface area contributed by atoms with E-state index >= 15 is 0 Å². The van der Waals surface area contributed by atoms with Crippen LogP contribution in [0.1, 0.15) is 61.0 Å². The van der Waals surface area contributed by atoms with Gasteiger partial charge in [0.05, 0.1) is 11.8 Å². The Kier molecular flexibility index (Phi) is 8.87. The molecule has 8 heteroatoms. The van der Waals surface area contributed by atoms with E-state index in [0.717, 1.165) is 23.2 Å². The molecular formula is C26H33N5O2S. The number of nitrogens with zero attached hydrogens (tertiary/aromatic N) is 3. The molecule has 0 aliphatic heterocycles. The third-order valence-corrected chi connectivity index (χ3v) is 6.58. The van der Waals surface area contributed by atoms with Crippen molar-refractivity contribution in [1.82, 2.24) is 20.1 Å². The van der Waals surface area contributed by atoms with E-state index in [1.165, 1.54) is 11.8 Å². The third-order valence-electron chi connectivity index (χ3n) is 5.61. The molecule has 0 aliphatic rings. The highest BCUT2D eigenvalue weighted by atomic mass is 32.2. The Morgan fingerprint density at radius 1 is 1.03 bits per heavy atom. The van der Waals surface area contributed by atoms with Crippen LogP contribution in [0.25, 0.3) is 0 Å². The van der Waals surface area contributed by atoms with E-state index in [2.05, 4.69) is 27.8 Å². The van der Waals surface area contributed by atoms with Gasteiger partial charge in [0.15, 0.2) is 11.0 Å². The number of benzene rings is 2. The number of carbonyl (C=O) groups excluding carboxylic acids is 2. The number of para-hydroxylation sites is 1. The molecule has 0 saturated heterocycles. The first-order valence-electron chi connectivity index (χ1n) is 11.6. The molecule has 2 amide bonds. The van der Waals surface area contributed by atoms with Crippen LogP contribution in [0.15, 0.2) is 53.7 Å². The monoisotopic (exact) mass is 479 g/mol. The fourth-order valence-electron chi connectivity index (χ4n) is 3.66. The Morgan fingerprint density at radius 2 is 1.74 bits per heavy atom. The average Bonchev–Trinajstić information content (AvgIpc) is 3.24. The van der Waals surface area contributed by atoms with E-state index in [1.54, 1.807) is 0 Å². The fourth-order valence-corrected chi connectivity index (χ4v) is 4.47. The minimum Gasteiger partial charge on any atom is -0.342 e. The summed E-state index contributed by atoms with van der Waals surface area (Å²) < 4.78 is 1.97. The van der Waals surface area contributed by atoms with Crippen LogP contribution < -0.4 is 10.6 Å². The van der Waals surface area contributed by atoms with Gasteiger partial charge in [0.1, 0.15) is 0 Å². The molecule has 1 heterocycles. The molecule has 0 spiro atoms. The lowest BCUT2D eigenvalue weighted by molar-refractivity contribution is -0.113. The van der Waals surface area contributed by atoms with Crippen LogP contribution in [0.5, 0.6) is 0 Å². The molecule has 180 valence electrons. The maximum absolute atomic E-state index is 12.9. The summed E-state index contributed by atoms with van der Waals surface area (Å²) in [5.41, 5.74) is 3.65. The van der Waals surface area contributed by atoms with E-state index in [-0.39, 0.29) is 29.5 Å². The molecule has 3 rings (SSSR count). The number of hydrogen-bond acceptors (Lipinski definition) is 5. The molecule has 0 saturated carbocycles. The van der Waals surface area contributed by atoms with E-state index in [4.69, 9.17) is 0 Å². The number of nitrogens with one attached hydrogen (secondary N) is 2. The van der Waals surface area contributed by atoms with Crippen molar-refractivity contribution < 1.29 is 9.59 Å². The van der Waals surface area contributed by atoms with Crippen LogP contribution in [-0.4, -0.2) is 32.3 Å². The maximum Gasteiger partial charge on any atom is 0.251 e. The van der Waals surface area contributed by atoms with Gasteiger partial charge in [-0.3, -0.25) is 9.59 Å². The first kappa shape index (κ1) is 25.5. The standard InChI is InChI=1S/C26H33N5O2S/c1-6-19-10-8-9-11-21(19)27-22(32)16-34-26-30-29-24(31(26)7-2)23(17(3)4)28-25(33)20-14-12-18(5)13-15-20/h8-15,17,23H,6-7,16H2,1-5H3,(H,27,32)(H,28,33)/t23-/m0/s1. The number of hydrogen-bond donors (Lipinski definition) is 2. The molecule has 0 aliphatic carbocycles. The van der Waals surface area contributed by atoms with Gasteiger partial charge in [-0.2, -0.15) is 0 Å². The van der Waals surface area contributed by atoms with Crippen molar-refractivity contribution in [2.24, 2.45) is 5.92 Å². The molecule has 7 nitrogen and oxygen atoms in total. The molecule has 1 atom stereocenters. The van der Waals surface area contributed by atoms with Crippen molar-refractivity contribution >= 4 is 29.3 Å². The van der Waals surface area contributed by atoms with Crippen molar-refractivity contribution in [2.75, 3.05) is 11.1 Å². The molecule has 1 aromatic heterocycles. The second-order valence-corrected chi connectivity index (χ2v) is 9.44. The average molecular weight is 480 g/mol. The SMILES string of the molecule is CCc1ccccc1NC(=O)CSc1nnc([C@@H](NC(=O)c2ccc(C)cc2)C(C)C)n1CC. The zero-order valence-corrected chi connectivity index (χ0v) is 21.3. The highest BCUT2D eigenvalue weighted by molar-refractivity contribution is 7.99. The topological polar surface area (TPSA) is 88.9 Å². The molecule has 34 heavy (non-hydrogen) atoms. The van der Waals surface area contributed by atoms with E-state index in [0.29, 0.717) is 23.1 Å². The number of aromatic nitrogens is 3.